The number of nitrogens with zero attached hydrogens (tertiary/aromatic N) is 1. The van der Waals surface area contributed by atoms with Crippen molar-refractivity contribution in [1.82, 2.24) is 5.32 Å². The first kappa shape index (κ1) is 23.5. The Kier molecular flexibility index (Phi) is 6.45. The Hall–Kier alpha value is -3.63. The Morgan fingerprint density at radius 3 is 2.38 bits per heavy atom. The smallest absolute Gasteiger partial charge is 0.254 e. The van der Waals surface area contributed by atoms with Crippen LogP contribution < -0.4 is 16.0 Å². The summed E-state index contributed by atoms with van der Waals surface area (Å²) >= 11 is 0. The first-order valence-electron chi connectivity index (χ1n) is 10.4. The summed E-state index contributed by atoms with van der Waals surface area (Å²) in [5.41, 5.74) is 6.55. The average molecular weight is 486 g/mol. The summed E-state index contributed by atoms with van der Waals surface area (Å²) < 4.78 is 54.0. The van der Waals surface area contributed by atoms with E-state index in [1.807, 2.05) is 6.07 Å². The molecule has 34 heavy (non-hydrogen) atoms. The van der Waals surface area contributed by atoms with Crippen LogP contribution in [-0.2, 0) is 27.7 Å². The largest absolute Gasteiger partial charge is 0.348 e. The number of carbonyl (C=O) groups excluding carboxylic acids is 2. The molecule has 1 aliphatic rings. The number of rotatable bonds is 5. The SMILES string of the molecule is N[C@H]1CS(=O)(=O)c2cc(F)c(C(=O)NCc3ccccc3)cc2N(Cc2ccc(F)cc2)C1=O. The molecule has 0 aliphatic carbocycles. The maximum absolute atomic E-state index is 14.9. The molecular weight excluding hydrogens is 464 g/mol. The van der Waals surface area contributed by atoms with Gasteiger partial charge in [0.1, 0.15) is 11.6 Å². The van der Waals surface area contributed by atoms with E-state index in [9.17, 15) is 26.8 Å². The summed E-state index contributed by atoms with van der Waals surface area (Å²) in [5, 5.41) is 2.59. The van der Waals surface area contributed by atoms with E-state index in [-0.39, 0.29) is 18.8 Å². The van der Waals surface area contributed by atoms with E-state index in [0.717, 1.165) is 22.6 Å². The van der Waals surface area contributed by atoms with Gasteiger partial charge in [-0.1, -0.05) is 42.5 Å². The number of hydrogen-bond donors (Lipinski definition) is 2. The molecule has 0 saturated heterocycles. The van der Waals surface area contributed by atoms with Gasteiger partial charge in [-0.2, -0.15) is 0 Å². The molecule has 0 radical (unpaired) electrons. The molecule has 4 rings (SSSR count). The van der Waals surface area contributed by atoms with Crippen molar-refractivity contribution in [2.75, 3.05) is 10.7 Å². The van der Waals surface area contributed by atoms with Crippen LogP contribution in [0.1, 0.15) is 21.5 Å². The Morgan fingerprint density at radius 1 is 1.03 bits per heavy atom. The third-order valence-corrected chi connectivity index (χ3v) is 7.25. The molecule has 1 atom stereocenters. The second-order valence-corrected chi connectivity index (χ2v) is 9.91. The zero-order chi connectivity index (χ0) is 24.5. The molecule has 0 aromatic heterocycles. The Labute approximate surface area is 195 Å². The van der Waals surface area contributed by atoms with Gasteiger partial charge in [0.15, 0.2) is 9.84 Å². The Balaban J connectivity index is 1.75. The summed E-state index contributed by atoms with van der Waals surface area (Å²) in [4.78, 5) is 26.4. The summed E-state index contributed by atoms with van der Waals surface area (Å²) in [6.45, 7) is -0.0242. The van der Waals surface area contributed by atoms with E-state index in [1.54, 1.807) is 24.3 Å². The molecule has 0 fully saturated rings. The van der Waals surface area contributed by atoms with E-state index in [2.05, 4.69) is 5.32 Å². The molecule has 0 bridgehead atoms. The molecule has 0 unspecified atom stereocenters. The highest BCUT2D eigenvalue weighted by molar-refractivity contribution is 7.91. The number of fused-ring (bicyclic) bond motifs is 1. The number of nitrogens with two attached hydrogens (primary N) is 1. The van der Waals surface area contributed by atoms with Crippen LogP contribution in [-0.4, -0.2) is 32.0 Å². The van der Waals surface area contributed by atoms with Crippen molar-refractivity contribution in [1.29, 1.82) is 0 Å². The highest BCUT2D eigenvalue weighted by Gasteiger charge is 2.37. The predicted molar refractivity (Wildman–Crippen MR) is 122 cm³/mol. The van der Waals surface area contributed by atoms with Crippen LogP contribution in [0.4, 0.5) is 14.5 Å². The first-order chi connectivity index (χ1) is 16.2. The van der Waals surface area contributed by atoms with Crippen LogP contribution in [0, 0.1) is 11.6 Å². The van der Waals surface area contributed by atoms with Gasteiger partial charge in [-0.15, -0.1) is 0 Å². The van der Waals surface area contributed by atoms with E-state index in [1.165, 1.54) is 24.3 Å². The Bertz CT molecular complexity index is 1350. The van der Waals surface area contributed by atoms with Gasteiger partial charge in [-0.3, -0.25) is 9.59 Å². The number of amides is 2. The molecule has 3 aromatic rings. The fraction of sp³-hybridized carbons (Fsp3) is 0.167. The molecule has 3 N–H and O–H groups in total. The maximum Gasteiger partial charge on any atom is 0.254 e. The molecule has 176 valence electrons. The monoisotopic (exact) mass is 485 g/mol. The summed E-state index contributed by atoms with van der Waals surface area (Å²) in [5.74, 6) is -3.72. The third kappa shape index (κ3) is 4.82. The minimum Gasteiger partial charge on any atom is -0.348 e. The molecular formula is C24H21F2N3O4S. The van der Waals surface area contributed by atoms with Crippen LogP contribution in [0.15, 0.2) is 71.6 Å². The van der Waals surface area contributed by atoms with Crippen LogP contribution in [0.3, 0.4) is 0 Å². The zero-order valence-electron chi connectivity index (χ0n) is 17.9. The van der Waals surface area contributed by atoms with Crippen molar-refractivity contribution < 1.29 is 26.8 Å². The highest BCUT2D eigenvalue weighted by atomic mass is 32.2. The van der Waals surface area contributed by atoms with Gasteiger partial charge in [-0.25, -0.2) is 17.2 Å². The Morgan fingerprint density at radius 2 is 1.71 bits per heavy atom. The molecule has 0 saturated carbocycles. The minimum absolute atomic E-state index is 0.123. The van der Waals surface area contributed by atoms with Gasteiger partial charge in [-0.05, 0) is 35.4 Å². The standard InChI is InChI=1S/C24H21F2N3O4S/c25-17-8-6-16(7-9-17)13-29-21-10-18(23(30)28-12-15-4-2-1-3-5-15)19(26)11-22(21)34(32,33)14-20(27)24(29)31/h1-11,20H,12-14,27H2,(H,28,30)/t20-/m0/s1. The van der Waals surface area contributed by atoms with Crippen LogP contribution in [0.5, 0.6) is 0 Å². The fourth-order valence-electron chi connectivity index (χ4n) is 3.70. The van der Waals surface area contributed by atoms with Crippen molar-refractivity contribution >= 4 is 27.3 Å². The summed E-state index contributed by atoms with van der Waals surface area (Å²) in [6, 6.07) is 14.6. The lowest BCUT2D eigenvalue weighted by atomic mass is 10.1. The van der Waals surface area contributed by atoms with Crippen molar-refractivity contribution in [3.05, 3.63) is 95.1 Å². The lowest BCUT2D eigenvalue weighted by molar-refractivity contribution is -0.119. The van der Waals surface area contributed by atoms with Crippen LogP contribution in [0.25, 0.3) is 0 Å². The number of carbonyl (C=O) groups is 2. The number of sulfone groups is 1. The zero-order valence-corrected chi connectivity index (χ0v) is 18.7. The van der Waals surface area contributed by atoms with Gasteiger partial charge in [0.2, 0.25) is 5.91 Å². The number of hydrogen-bond acceptors (Lipinski definition) is 5. The van der Waals surface area contributed by atoms with E-state index < -0.39 is 55.5 Å². The molecule has 7 nitrogen and oxygen atoms in total. The highest BCUT2D eigenvalue weighted by Crippen LogP contribution is 2.34. The second kappa shape index (κ2) is 9.32. The molecule has 0 spiro atoms. The molecule has 1 aliphatic heterocycles. The van der Waals surface area contributed by atoms with Gasteiger partial charge in [0.25, 0.3) is 5.91 Å². The van der Waals surface area contributed by atoms with Crippen molar-refractivity contribution in [3.8, 4) is 0 Å². The molecule has 3 aromatic carbocycles. The van der Waals surface area contributed by atoms with Gasteiger partial charge < -0.3 is 16.0 Å². The number of nitrogens with one attached hydrogen (secondary N) is 1. The number of anilines is 1. The fourth-order valence-corrected chi connectivity index (χ4v) is 5.27. The average Bonchev–Trinajstić information content (AvgIpc) is 2.87. The van der Waals surface area contributed by atoms with E-state index >= 15 is 0 Å². The van der Waals surface area contributed by atoms with Crippen molar-refractivity contribution in [2.24, 2.45) is 5.73 Å². The summed E-state index contributed by atoms with van der Waals surface area (Å²) in [6.07, 6.45) is 0. The predicted octanol–water partition coefficient (Wildman–Crippen LogP) is 2.54. The van der Waals surface area contributed by atoms with Gasteiger partial charge in [0.05, 0.1) is 34.5 Å². The minimum atomic E-state index is -4.13. The third-order valence-electron chi connectivity index (χ3n) is 5.45. The quantitative estimate of drug-likeness (QED) is 0.577. The normalized spacial score (nSPS) is 17.1. The molecule has 2 amide bonds. The van der Waals surface area contributed by atoms with E-state index in [0.29, 0.717) is 5.56 Å². The number of benzene rings is 3. The van der Waals surface area contributed by atoms with Gasteiger partial charge >= 0.3 is 0 Å². The molecule has 10 heteroatoms. The van der Waals surface area contributed by atoms with E-state index in [4.69, 9.17) is 5.73 Å². The van der Waals surface area contributed by atoms with Gasteiger partial charge in [0, 0.05) is 6.54 Å². The number of halogens is 2. The summed E-state index contributed by atoms with van der Waals surface area (Å²) in [7, 11) is -4.13. The van der Waals surface area contributed by atoms with Crippen LogP contribution >= 0.6 is 0 Å². The van der Waals surface area contributed by atoms with Crippen LogP contribution in [0.2, 0.25) is 0 Å². The lowest BCUT2D eigenvalue weighted by Gasteiger charge is -2.25. The van der Waals surface area contributed by atoms with Crippen molar-refractivity contribution in [3.63, 3.8) is 0 Å². The maximum atomic E-state index is 14.9. The second-order valence-electron chi connectivity index (χ2n) is 7.91. The lowest BCUT2D eigenvalue weighted by Crippen LogP contribution is -2.45. The van der Waals surface area contributed by atoms with Crippen molar-refractivity contribution in [2.45, 2.75) is 24.0 Å². The molecule has 1 heterocycles. The first-order valence-corrected chi connectivity index (χ1v) is 12.0. The topological polar surface area (TPSA) is 110 Å².